The van der Waals surface area contributed by atoms with Crippen LogP contribution in [0.2, 0.25) is 5.02 Å². The van der Waals surface area contributed by atoms with E-state index >= 15 is 0 Å². The Morgan fingerprint density at radius 3 is 2.62 bits per heavy atom. The van der Waals surface area contributed by atoms with Crippen LogP contribution in [0.3, 0.4) is 0 Å². The van der Waals surface area contributed by atoms with Gasteiger partial charge in [-0.25, -0.2) is 13.1 Å². The van der Waals surface area contributed by atoms with E-state index in [0.29, 0.717) is 23.7 Å². The number of aryl methyl sites for hydroxylation is 2. The van der Waals surface area contributed by atoms with Gasteiger partial charge in [0.25, 0.3) is 0 Å². The molecule has 7 nitrogen and oxygen atoms in total. The lowest BCUT2D eigenvalue weighted by Crippen LogP contribution is -2.26. The minimum atomic E-state index is -3.70. The second-order valence-electron chi connectivity index (χ2n) is 5.09. The highest BCUT2D eigenvalue weighted by atomic mass is 35.5. The predicted octanol–water partition coefficient (Wildman–Crippen LogP) is 2.23. The number of methoxy groups -OCH3 is 2. The van der Waals surface area contributed by atoms with Crippen LogP contribution in [0, 0.1) is 6.92 Å². The minimum Gasteiger partial charge on any atom is -0.497 e. The molecule has 2 aromatic rings. The van der Waals surface area contributed by atoms with Crippen molar-refractivity contribution in [2.75, 3.05) is 20.8 Å². The zero-order chi connectivity index (χ0) is 17.7. The maximum atomic E-state index is 12.5. The van der Waals surface area contributed by atoms with Crippen molar-refractivity contribution in [3.63, 3.8) is 0 Å². The Morgan fingerprint density at radius 2 is 2.04 bits per heavy atom. The van der Waals surface area contributed by atoms with Crippen molar-refractivity contribution < 1.29 is 17.9 Å². The summed E-state index contributed by atoms with van der Waals surface area (Å²) in [4.78, 5) is 0.0438. The highest BCUT2D eigenvalue weighted by molar-refractivity contribution is 7.89. The lowest BCUT2D eigenvalue weighted by atomic mass is 10.3. The molecule has 0 aliphatic rings. The van der Waals surface area contributed by atoms with Crippen LogP contribution in [-0.4, -0.2) is 39.0 Å². The van der Waals surface area contributed by atoms with Gasteiger partial charge in [0, 0.05) is 25.4 Å². The van der Waals surface area contributed by atoms with Gasteiger partial charge < -0.3 is 9.47 Å². The van der Waals surface area contributed by atoms with E-state index in [9.17, 15) is 8.42 Å². The molecule has 1 aromatic carbocycles. The van der Waals surface area contributed by atoms with Crippen LogP contribution >= 0.6 is 11.6 Å². The Bertz CT molecular complexity index is 786. The van der Waals surface area contributed by atoms with E-state index in [0.717, 1.165) is 5.69 Å². The number of nitrogens with zero attached hydrogens (tertiary/aromatic N) is 2. The summed E-state index contributed by atoms with van der Waals surface area (Å²) in [5.74, 6) is 0.704. The molecule has 0 unspecified atom stereocenters. The summed E-state index contributed by atoms with van der Waals surface area (Å²) >= 11 is 5.94. The molecule has 1 N–H and O–H groups in total. The monoisotopic (exact) mass is 373 g/mol. The number of hydrogen-bond donors (Lipinski definition) is 1. The quantitative estimate of drug-likeness (QED) is 0.717. The fraction of sp³-hybridized carbons (Fsp3) is 0.400. The third-order valence-corrected chi connectivity index (χ3v) is 5.26. The second kappa shape index (κ2) is 7.87. The number of sulfonamides is 1. The number of ether oxygens (including phenoxy) is 2. The maximum Gasteiger partial charge on any atom is 0.244 e. The molecular weight excluding hydrogens is 354 g/mol. The lowest BCUT2D eigenvalue weighted by Gasteiger charge is -2.12. The van der Waals surface area contributed by atoms with Gasteiger partial charge >= 0.3 is 0 Å². The molecule has 0 bridgehead atoms. The van der Waals surface area contributed by atoms with Crippen LogP contribution in [0.15, 0.2) is 29.3 Å². The molecule has 132 valence electrons. The lowest BCUT2D eigenvalue weighted by molar-refractivity contribution is 0.392. The van der Waals surface area contributed by atoms with Gasteiger partial charge in [-0.1, -0.05) is 11.6 Å². The fourth-order valence-corrected chi connectivity index (χ4v) is 3.53. The maximum absolute atomic E-state index is 12.5. The summed E-state index contributed by atoms with van der Waals surface area (Å²) in [5, 5.41) is 4.82. The Kier molecular flexibility index (Phi) is 6.09. The van der Waals surface area contributed by atoms with E-state index in [-0.39, 0.29) is 17.2 Å². The average molecular weight is 374 g/mol. The van der Waals surface area contributed by atoms with Crippen molar-refractivity contribution >= 4 is 21.6 Å². The number of benzene rings is 1. The van der Waals surface area contributed by atoms with Gasteiger partial charge in [0.2, 0.25) is 10.0 Å². The normalized spacial score (nSPS) is 11.5. The van der Waals surface area contributed by atoms with Crippen molar-refractivity contribution in [3.8, 4) is 11.5 Å². The third kappa shape index (κ3) is 4.40. The average Bonchev–Trinajstić information content (AvgIpc) is 2.89. The van der Waals surface area contributed by atoms with E-state index in [4.69, 9.17) is 21.1 Å². The summed E-state index contributed by atoms with van der Waals surface area (Å²) in [5.41, 5.74) is 0.748. The fourth-order valence-electron chi connectivity index (χ4n) is 2.13. The summed E-state index contributed by atoms with van der Waals surface area (Å²) in [6.45, 7) is 2.64. The molecule has 0 spiro atoms. The highest BCUT2D eigenvalue weighted by Crippen LogP contribution is 2.27. The summed E-state index contributed by atoms with van der Waals surface area (Å²) in [6, 6.07) is 4.63. The van der Waals surface area contributed by atoms with Gasteiger partial charge in [0.15, 0.2) is 0 Å². The first-order valence-corrected chi connectivity index (χ1v) is 9.14. The standard InChI is InChI=1S/C15H20ClN3O4S/c1-11-13(16)10-19(18-11)8-4-7-17-24(20,21)15-9-12(22-2)5-6-14(15)23-3/h5-6,9-10,17H,4,7-8H2,1-3H3. The molecule has 0 aliphatic carbocycles. The molecule has 0 saturated carbocycles. The zero-order valence-corrected chi connectivity index (χ0v) is 15.3. The van der Waals surface area contributed by atoms with E-state index in [2.05, 4.69) is 9.82 Å². The number of halogens is 1. The van der Waals surface area contributed by atoms with E-state index < -0.39 is 10.0 Å². The van der Waals surface area contributed by atoms with Gasteiger partial charge in [-0.15, -0.1) is 0 Å². The Balaban J connectivity index is 2.00. The van der Waals surface area contributed by atoms with Crippen LogP contribution in [0.4, 0.5) is 0 Å². The molecule has 9 heteroatoms. The Morgan fingerprint density at radius 1 is 1.29 bits per heavy atom. The smallest absolute Gasteiger partial charge is 0.244 e. The van der Waals surface area contributed by atoms with Gasteiger partial charge in [-0.05, 0) is 25.5 Å². The van der Waals surface area contributed by atoms with Crippen LogP contribution in [0.5, 0.6) is 11.5 Å². The number of hydrogen-bond acceptors (Lipinski definition) is 5. The molecular formula is C15H20ClN3O4S. The molecule has 24 heavy (non-hydrogen) atoms. The predicted molar refractivity (Wildman–Crippen MR) is 91.3 cm³/mol. The van der Waals surface area contributed by atoms with Gasteiger partial charge in [-0.3, -0.25) is 4.68 Å². The summed E-state index contributed by atoms with van der Waals surface area (Å²) < 4.78 is 39.4. The molecule has 2 rings (SSSR count). The van der Waals surface area contributed by atoms with Gasteiger partial charge in [0.05, 0.1) is 24.9 Å². The van der Waals surface area contributed by atoms with Crippen LogP contribution in [-0.2, 0) is 16.6 Å². The van der Waals surface area contributed by atoms with Crippen LogP contribution in [0.1, 0.15) is 12.1 Å². The Hall–Kier alpha value is -1.77. The van der Waals surface area contributed by atoms with Crippen LogP contribution in [0.25, 0.3) is 0 Å². The number of aromatic nitrogens is 2. The minimum absolute atomic E-state index is 0.0438. The van der Waals surface area contributed by atoms with Crippen molar-refractivity contribution in [1.82, 2.24) is 14.5 Å². The molecule has 0 fully saturated rings. The topological polar surface area (TPSA) is 82.5 Å². The van der Waals surface area contributed by atoms with Crippen molar-refractivity contribution in [2.45, 2.75) is 24.8 Å². The molecule has 0 atom stereocenters. The van der Waals surface area contributed by atoms with Crippen LogP contribution < -0.4 is 14.2 Å². The van der Waals surface area contributed by atoms with E-state index in [1.165, 1.54) is 20.3 Å². The summed E-state index contributed by atoms with van der Waals surface area (Å²) in [6.07, 6.45) is 2.29. The van der Waals surface area contributed by atoms with Crippen molar-refractivity contribution in [3.05, 3.63) is 35.1 Å². The van der Waals surface area contributed by atoms with Gasteiger partial charge in [0.1, 0.15) is 16.4 Å². The first-order valence-electron chi connectivity index (χ1n) is 7.28. The SMILES string of the molecule is COc1ccc(OC)c(S(=O)(=O)NCCCn2cc(Cl)c(C)n2)c1. The van der Waals surface area contributed by atoms with Crippen molar-refractivity contribution in [1.29, 1.82) is 0 Å². The first-order chi connectivity index (χ1) is 11.4. The zero-order valence-electron chi connectivity index (χ0n) is 13.7. The first kappa shape index (κ1) is 18.6. The van der Waals surface area contributed by atoms with Crippen molar-refractivity contribution in [2.24, 2.45) is 0 Å². The largest absolute Gasteiger partial charge is 0.497 e. The summed E-state index contributed by atoms with van der Waals surface area (Å²) in [7, 11) is -0.807. The second-order valence-corrected chi connectivity index (χ2v) is 7.24. The number of rotatable bonds is 8. The molecule has 1 heterocycles. The van der Waals surface area contributed by atoms with E-state index in [1.807, 2.05) is 6.92 Å². The Labute approximate surface area is 146 Å². The third-order valence-electron chi connectivity index (χ3n) is 3.40. The molecule has 1 aromatic heterocycles. The molecule has 0 saturated heterocycles. The molecule has 0 aliphatic heterocycles. The molecule has 0 radical (unpaired) electrons. The number of nitrogens with one attached hydrogen (secondary N) is 1. The van der Waals surface area contributed by atoms with Gasteiger partial charge in [-0.2, -0.15) is 5.10 Å². The molecule has 0 amide bonds. The van der Waals surface area contributed by atoms with E-state index in [1.54, 1.807) is 23.0 Å². The highest BCUT2D eigenvalue weighted by Gasteiger charge is 2.20.